The second-order valence-corrected chi connectivity index (χ2v) is 13.0. The van der Waals surface area contributed by atoms with Gasteiger partial charge in [0.05, 0.1) is 25.9 Å². The van der Waals surface area contributed by atoms with E-state index in [1.54, 1.807) is 0 Å². The van der Waals surface area contributed by atoms with Gasteiger partial charge in [0, 0.05) is 0 Å². The molecule has 12 N–H and O–H groups in total. The molecule has 0 spiro atoms. The minimum atomic E-state index is -5.20. The predicted octanol–water partition coefficient (Wildman–Crippen LogP) is -6.22. The fraction of sp³-hybridized carbons (Fsp3) is 1.00. The Morgan fingerprint density at radius 1 is 0.667 bits per heavy atom. The first kappa shape index (κ1) is 39.3. The van der Waals surface area contributed by atoms with Gasteiger partial charge >= 0.3 is 0 Å². The molecule has 2 saturated heterocycles. The normalized spacial score (nSPS) is 45.7. The van der Waals surface area contributed by atoms with Gasteiger partial charge in [-0.3, -0.25) is 4.57 Å². The Morgan fingerprint density at radius 2 is 1.20 bits per heavy atom. The van der Waals surface area contributed by atoms with Crippen LogP contribution in [0.3, 0.4) is 0 Å². The number of phosphoric acid groups is 1. The molecule has 21 heteroatoms. The fourth-order valence-electron chi connectivity index (χ4n) is 5.25. The smallest absolute Gasteiger partial charge is 0.268 e. The first-order valence-electron chi connectivity index (χ1n) is 14.5. The number of hydrogen-bond acceptors (Lipinski definition) is 20. The van der Waals surface area contributed by atoms with Crippen LogP contribution in [-0.2, 0) is 32.6 Å². The summed E-state index contributed by atoms with van der Waals surface area (Å²) in [5.41, 5.74) is 6.08. The molecule has 0 aromatic carbocycles. The molecule has 19 nitrogen and oxygen atoms in total. The van der Waals surface area contributed by atoms with Gasteiger partial charge in [0.25, 0.3) is 7.82 Å². The molecule has 2 heterocycles. The average molecular weight is 699 g/mol. The van der Waals surface area contributed by atoms with Crippen LogP contribution in [0.15, 0.2) is 0 Å². The molecule has 45 heavy (non-hydrogen) atoms. The van der Waals surface area contributed by atoms with Gasteiger partial charge in [-0.05, 0) is 18.6 Å². The third-order valence-corrected chi connectivity index (χ3v) is 9.25. The molecule has 0 radical (unpaired) electrons. The highest BCUT2D eigenvalue weighted by atomic mass is 32.1. The van der Waals surface area contributed by atoms with Gasteiger partial charge in [-0.15, -0.1) is 0 Å². The fourth-order valence-corrected chi connectivity index (χ4v) is 6.43. The standard InChI is InChI=1S/C24H46NO18PS/c25-11-13(29)20(41-24-19(35)14(30)12(28)9(7-26)39-24)10(8-27)40-23(11)42-21-17(33)15(31)16(32)18(34)22(21)43-44(36,37)38-5-3-1-2-4-6-45/h9-24,26-35,45H,1-8,25H2,(H,36,37)/p-1/t9-,10-,11-,12-,13-,14+,15-,16-,17+,18-,19+,20-,21-,22-,23-,24-/m1/s1. The molecule has 0 aromatic rings. The second-order valence-electron chi connectivity index (χ2n) is 11.1. The van der Waals surface area contributed by atoms with Crippen molar-refractivity contribution in [1.82, 2.24) is 0 Å². The van der Waals surface area contributed by atoms with Crippen LogP contribution in [0, 0.1) is 0 Å². The molecule has 1 unspecified atom stereocenters. The van der Waals surface area contributed by atoms with Gasteiger partial charge < -0.3 is 89.7 Å². The maximum Gasteiger partial charge on any atom is 0.268 e. The highest BCUT2D eigenvalue weighted by Gasteiger charge is 2.55. The minimum absolute atomic E-state index is 0.272. The highest BCUT2D eigenvalue weighted by molar-refractivity contribution is 7.80. The highest BCUT2D eigenvalue weighted by Crippen LogP contribution is 2.44. The Kier molecular flexibility index (Phi) is 15.3. The second kappa shape index (κ2) is 17.5. The lowest BCUT2D eigenvalue weighted by Gasteiger charge is -2.49. The van der Waals surface area contributed by atoms with Crippen molar-refractivity contribution in [1.29, 1.82) is 0 Å². The zero-order valence-corrected chi connectivity index (χ0v) is 25.9. The number of nitrogens with two attached hydrogens (primary N) is 1. The molecule has 3 rings (SSSR count). The van der Waals surface area contributed by atoms with Crippen molar-refractivity contribution in [3.63, 3.8) is 0 Å². The minimum Gasteiger partial charge on any atom is -0.756 e. The topological polar surface area (TPSA) is 324 Å². The largest absolute Gasteiger partial charge is 0.756 e. The maximum absolute atomic E-state index is 12.6. The van der Waals surface area contributed by atoms with E-state index in [9.17, 15) is 60.5 Å². The lowest BCUT2D eigenvalue weighted by Crippen LogP contribution is -2.69. The summed E-state index contributed by atoms with van der Waals surface area (Å²) < 4.78 is 44.4. The first-order chi connectivity index (χ1) is 21.2. The molecule has 1 saturated carbocycles. The molecule has 3 aliphatic rings. The van der Waals surface area contributed by atoms with Crippen LogP contribution in [0.4, 0.5) is 0 Å². The Balaban J connectivity index is 1.73. The van der Waals surface area contributed by atoms with E-state index in [1.165, 1.54) is 0 Å². The van der Waals surface area contributed by atoms with E-state index in [-0.39, 0.29) is 6.61 Å². The number of unbranched alkanes of at least 4 members (excludes halogenated alkanes) is 3. The quantitative estimate of drug-likeness (QED) is 0.0430. The van der Waals surface area contributed by atoms with Crippen molar-refractivity contribution in [2.24, 2.45) is 5.73 Å². The van der Waals surface area contributed by atoms with Crippen molar-refractivity contribution in [2.45, 2.75) is 124 Å². The van der Waals surface area contributed by atoms with E-state index in [1.807, 2.05) is 0 Å². The molecular weight excluding hydrogens is 653 g/mol. The van der Waals surface area contributed by atoms with Crippen molar-refractivity contribution < 1.29 is 88.5 Å². The third-order valence-electron chi connectivity index (χ3n) is 7.93. The summed E-state index contributed by atoms with van der Waals surface area (Å²) in [5, 5.41) is 102. The third kappa shape index (κ3) is 9.52. The molecular formula is C24H45NO18PS-. The van der Waals surface area contributed by atoms with Crippen molar-refractivity contribution >= 4 is 20.5 Å². The van der Waals surface area contributed by atoms with Crippen molar-refractivity contribution in [3.8, 4) is 0 Å². The van der Waals surface area contributed by atoms with Crippen LogP contribution < -0.4 is 10.6 Å². The Bertz CT molecular complexity index is 941. The van der Waals surface area contributed by atoms with Crippen LogP contribution in [0.2, 0.25) is 0 Å². The number of thiol groups is 1. The number of aliphatic hydroxyl groups excluding tert-OH is 10. The zero-order chi connectivity index (χ0) is 33.6. The molecule has 17 atom stereocenters. The lowest BCUT2D eigenvalue weighted by atomic mass is 9.84. The summed E-state index contributed by atoms with van der Waals surface area (Å²) in [6, 6.07) is -1.62. The molecule has 0 amide bonds. The monoisotopic (exact) mass is 698 g/mol. The summed E-state index contributed by atoms with van der Waals surface area (Å²) in [4.78, 5) is 12.6. The molecule has 1 aliphatic carbocycles. The van der Waals surface area contributed by atoms with Gasteiger partial charge in [-0.1, -0.05) is 12.8 Å². The molecule has 266 valence electrons. The molecule has 0 aromatic heterocycles. The Morgan fingerprint density at radius 3 is 1.80 bits per heavy atom. The molecule has 0 bridgehead atoms. The SMILES string of the molecule is N[C@H]1[C@@H](O[C@@H]2[C@@H](O)[C@H](O)[C@@H](O)[C@@H](O)[C@H]2OP(=O)([O-])OCCCCCCS)O[C@H](CO)[C@@H](O[C@H]2O[C@H](CO)[C@@H](O)[C@H](O)[C@@H]2O)[C@@H]1O. The zero-order valence-electron chi connectivity index (χ0n) is 24.1. The number of hydrogen-bond donors (Lipinski definition) is 12. The summed E-state index contributed by atoms with van der Waals surface area (Å²) >= 11 is 4.09. The lowest BCUT2D eigenvalue weighted by molar-refractivity contribution is -0.357. The Labute approximate surface area is 264 Å². The average Bonchev–Trinajstić information content (AvgIpc) is 3.01. The van der Waals surface area contributed by atoms with Gasteiger partial charge in [-0.2, -0.15) is 12.6 Å². The van der Waals surface area contributed by atoms with E-state index in [4.69, 9.17) is 33.7 Å². The van der Waals surface area contributed by atoms with Crippen LogP contribution in [0.1, 0.15) is 25.7 Å². The van der Waals surface area contributed by atoms with Crippen LogP contribution in [-0.4, -0.2) is 175 Å². The summed E-state index contributed by atoms with van der Waals surface area (Å²) in [7, 11) is -5.20. The summed E-state index contributed by atoms with van der Waals surface area (Å²) in [5.74, 6) is 0.665. The van der Waals surface area contributed by atoms with Crippen LogP contribution >= 0.6 is 20.5 Å². The van der Waals surface area contributed by atoms with E-state index >= 15 is 0 Å². The number of ether oxygens (including phenoxy) is 4. The maximum atomic E-state index is 12.6. The first-order valence-corrected chi connectivity index (χ1v) is 16.6. The van der Waals surface area contributed by atoms with Gasteiger partial charge in [0.15, 0.2) is 12.6 Å². The van der Waals surface area contributed by atoms with E-state index < -0.39 is 119 Å². The number of rotatable bonds is 15. The van der Waals surface area contributed by atoms with Crippen LogP contribution in [0.5, 0.6) is 0 Å². The Hall–Kier alpha value is -0.140. The van der Waals surface area contributed by atoms with E-state index in [0.717, 1.165) is 12.8 Å². The van der Waals surface area contributed by atoms with Gasteiger partial charge in [0.1, 0.15) is 79.4 Å². The van der Waals surface area contributed by atoms with Gasteiger partial charge in [-0.25, -0.2) is 0 Å². The van der Waals surface area contributed by atoms with Crippen LogP contribution in [0.25, 0.3) is 0 Å². The molecule has 3 fully saturated rings. The van der Waals surface area contributed by atoms with Crippen molar-refractivity contribution in [2.75, 3.05) is 25.6 Å². The van der Waals surface area contributed by atoms with E-state index in [0.29, 0.717) is 18.6 Å². The van der Waals surface area contributed by atoms with E-state index in [2.05, 4.69) is 12.6 Å². The predicted molar refractivity (Wildman–Crippen MR) is 148 cm³/mol. The van der Waals surface area contributed by atoms with Gasteiger partial charge in [0.2, 0.25) is 0 Å². The van der Waals surface area contributed by atoms with Crippen molar-refractivity contribution in [3.05, 3.63) is 0 Å². The summed E-state index contributed by atoms with van der Waals surface area (Å²) in [6.07, 6.45) is -25.1. The summed E-state index contributed by atoms with van der Waals surface area (Å²) in [6.45, 7) is -1.93. The number of phosphoric ester groups is 1. The molecule has 2 aliphatic heterocycles. The number of aliphatic hydroxyl groups is 10.